The van der Waals surface area contributed by atoms with Crippen molar-refractivity contribution in [3.63, 3.8) is 0 Å². The second-order valence-electron chi connectivity index (χ2n) is 9.27. The molecule has 3 rings (SSSR count). The average molecular weight is 540 g/mol. The molecule has 0 fully saturated rings. The van der Waals surface area contributed by atoms with Gasteiger partial charge in [0.2, 0.25) is 5.91 Å². The molecule has 4 nitrogen and oxygen atoms in total. The number of halogens is 6. The molecule has 3 aromatic rings. The van der Waals surface area contributed by atoms with E-state index in [4.69, 9.17) is 0 Å². The first kappa shape index (κ1) is 28.9. The minimum absolute atomic E-state index is 0.0329. The van der Waals surface area contributed by atoms with E-state index in [2.05, 4.69) is 14.8 Å². The van der Waals surface area contributed by atoms with Crippen LogP contribution >= 0.6 is 0 Å². The van der Waals surface area contributed by atoms with E-state index in [0.29, 0.717) is 11.1 Å². The number of ether oxygens (including phenoxy) is 2. The average Bonchev–Trinajstić information content (AvgIpc) is 2.80. The van der Waals surface area contributed by atoms with E-state index in [-0.39, 0.29) is 31.2 Å². The van der Waals surface area contributed by atoms with Crippen molar-refractivity contribution in [2.75, 3.05) is 6.54 Å². The third-order valence-electron chi connectivity index (χ3n) is 5.77. The molecular weight excluding hydrogens is 512 g/mol. The maximum atomic E-state index is 13.0. The lowest BCUT2D eigenvalue weighted by atomic mass is 9.70. The first-order valence-corrected chi connectivity index (χ1v) is 11.8. The van der Waals surface area contributed by atoms with E-state index < -0.39 is 29.6 Å². The van der Waals surface area contributed by atoms with Gasteiger partial charge in [-0.05, 0) is 53.3 Å². The Morgan fingerprint density at radius 3 is 1.71 bits per heavy atom. The van der Waals surface area contributed by atoms with Gasteiger partial charge in [0, 0.05) is 18.4 Å². The van der Waals surface area contributed by atoms with Gasteiger partial charge in [0.25, 0.3) is 0 Å². The molecule has 0 bridgehead atoms. The quantitative estimate of drug-likeness (QED) is 0.278. The van der Waals surface area contributed by atoms with Gasteiger partial charge in [-0.2, -0.15) is 0 Å². The van der Waals surface area contributed by atoms with Crippen molar-refractivity contribution in [1.82, 2.24) is 5.32 Å². The fourth-order valence-corrected chi connectivity index (χ4v) is 4.26. The number of hydrogen-bond donors (Lipinski definition) is 1. The number of hydrogen-bond acceptors (Lipinski definition) is 3. The maximum Gasteiger partial charge on any atom is 0.573 e. The predicted octanol–water partition coefficient (Wildman–Crippen LogP) is 7.17. The summed E-state index contributed by atoms with van der Waals surface area (Å²) in [5.41, 5.74) is 0.0633. The number of alkyl halides is 6. The van der Waals surface area contributed by atoms with Crippen LogP contribution in [0.2, 0.25) is 0 Å². The summed E-state index contributed by atoms with van der Waals surface area (Å²) in [6.07, 6.45) is -9.57. The molecule has 0 saturated heterocycles. The second-order valence-corrected chi connectivity index (χ2v) is 9.27. The molecular formula is C28H27F6NO3. The van der Waals surface area contributed by atoms with E-state index >= 15 is 0 Å². The lowest BCUT2D eigenvalue weighted by Gasteiger charge is -2.36. The van der Waals surface area contributed by atoms with Crippen LogP contribution < -0.4 is 14.8 Å². The van der Waals surface area contributed by atoms with Crippen molar-refractivity contribution in [2.24, 2.45) is 5.92 Å². The molecule has 0 atom stereocenters. The lowest BCUT2D eigenvalue weighted by molar-refractivity contribution is -0.275. The summed E-state index contributed by atoms with van der Waals surface area (Å²) in [5.74, 6) is -1.26. The molecule has 0 saturated carbocycles. The van der Waals surface area contributed by atoms with Crippen LogP contribution in [0.3, 0.4) is 0 Å². The Morgan fingerprint density at radius 2 is 1.26 bits per heavy atom. The first-order valence-electron chi connectivity index (χ1n) is 11.8. The molecule has 0 spiro atoms. The largest absolute Gasteiger partial charge is 0.573 e. The number of amides is 1. The molecule has 204 valence electrons. The Balaban J connectivity index is 2.21. The molecule has 3 aromatic carbocycles. The Kier molecular flexibility index (Phi) is 8.96. The Bertz CT molecular complexity index is 1150. The van der Waals surface area contributed by atoms with Gasteiger partial charge in [0.1, 0.15) is 11.5 Å². The van der Waals surface area contributed by atoms with E-state index in [1.807, 2.05) is 13.8 Å². The summed E-state index contributed by atoms with van der Waals surface area (Å²) in [5, 5.41) is 2.84. The van der Waals surface area contributed by atoms with Crippen molar-refractivity contribution in [3.8, 4) is 11.5 Å². The minimum atomic E-state index is -4.95. The van der Waals surface area contributed by atoms with Gasteiger partial charge in [-0.3, -0.25) is 4.79 Å². The standard InChI is InChI=1S/C28H27F6NO3/c1-19(2)14-25(36)35-18-26(17-20-8-4-3-5-9-20,21-10-6-12-23(15-21)37-27(29,30)31)22-11-7-13-24(16-22)38-28(32,33)34/h3-13,15-16,19H,14,17-18H2,1-2H3,(H,35,36). The first-order chi connectivity index (χ1) is 17.8. The normalized spacial score (nSPS) is 12.3. The lowest BCUT2D eigenvalue weighted by Crippen LogP contribution is -2.43. The topological polar surface area (TPSA) is 47.6 Å². The van der Waals surface area contributed by atoms with Crippen LogP contribution in [0.1, 0.15) is 37.0 Å². The van der Waals surface area contributed by atoms with Gasteiger partial charge in [0.05, 0.1) is 0 Å². The van der Waals surface area contributed by atoms with E-state index in [9.17, 15) is 31.1 Å². The highest BCUT2D eigenvalue weighted by molar-refractivity contribution is 5.76. The number of nitrogens with one attached hydrogen (secondary N) is 1. The van der Waals surface area contributed by atoms with Crippen LogP contribution in [-0.4, -0.2) is 25.2 Å². The zero-order valence-electron chi connectivity index (χ0n) is 20.7. The summed E-state index contributed by atoms with van der Waals surface area (Å²) in [7, 11) is 0. The molecule has 0 radical (unpaired) electrons. The van der Waals surface area contributed by atoms with Gasteiger partial charge in [-0.15, -0.1) is 26.3 Å². The fourth-order valence-electron chi connectivity index (χ4n) is 4.26. The van der Waals surface area contributed by atoms with Crippen LogP contribution in [-0.2, 0) is 16.6 Å². The fraction of sp³-hybridized carbons (Fsp3) is 0.321. The Morgan fingerprint density at radius 1 is 0.763 bits per heavy atom. The van der Waals surface area contributed by atoms with E-state index in [1.54, 1.807) is 42.5 Å². The molecule has 0 heterocycles. The summed E-state index contributed by atoms with van der Waals surface area (Å²) < 4.78 is 86.4. The second kappa shape index (κ2) is 11.8. The van der Waals surface area contributed by atoms with Gasteiger partial charge < -0.3 is 14.8 Å². The zero-order valence-corrected chi connectivity index (χ0v) is 20.7. The van der Waals surface area contributed by atoms with Crippen LogP contribution in [0.25, 0.3) is 0 Å². The minimum Gasteiger partial charge on any atom is -0.406 e. The number of rotatable bonds is 10. The molecule has 0 aliphatic heterocycles. The predicted molar refractivity (Wildman–Crippen MR) is 130 cm³/mol. The van der Waals surface area contributed by atoms with Crippen molar-refractivity contribution in [3.05, 3.63) is 95.6 Å². The summed E-state index contributed by atoms with van der Waals surface area (Å²) in [6, 6.07) is 19.4. The van der Waals surface area contributed by atoms with Crippen molar-refractivity contribution < 1.29 is 40.6 Å². The van der Waals surface area contributed by atoms with Gasteiger partial charge in [-0.1, -0.05) is 68.4 Å². The molecule has 0 unspecified atom stereocenters. The Hall–Kier alpha value is -3.69. The smallest absolute Gasteiger partial charge is 0.406 e. The summed E-state index contributed by atoms with van der Waals surface area (Å²) >= 11 is 0. The van der Waals surface area contributed by atoms with Crippen molar-refractivity contribution >= 4 is 5.91 Å². The molecule has 10 heteroatoms. The van der Waals surface area contributed by atoms with Crippen LogP contribution in [0.5, 0.6) is 11.5 Å². The van der Waals surface area contributed by atoms with Crippen molar-refractivity contribution in [2.45, 2.75) is 44.8 Å². The number of carbonyl (C=O) groups is 1. The summed E-state index contributed by atoms with van der Waals surface area (Å²) in [6.45, 7) is 3.60. The highest BCUT2D eigenvalue weighted by Gasteiger charge is 2.38. The highest BCUT2D eigenvalue weighted by atomic mass is 19.4. The third kappa shape index (κ3) is 8.43. The molecule has 0 aliphatic carbocycles. The zero-order chi connectivity index (χ0) is 28.0. The van der Waals surface area contributed by atoms with Crippen LogP contribution in [0, 0.1) is 5.92 Å². The van der Waals surface area contributed by atoms with Gasteiger partial charge in [0.15, 0.2) is 0 Å². The van der Waals surface area contributed by atoms with E-state index in [1.165, 1.54) is 24.3 Å². The maximum absolute atomic E-state index is 13.0. The molecule has 1 N–H and O–H groups in total. The number of benzene rings is 3. The molecule has 0 aliphatic rings. The van der Waals surface area contributed by atoms with Crippen molar-refractivity contribution in [1.29, 1.82) is 0 Å². The SMILES string of the molecule is CC(C)CC(=O)NCC(Cc1ccccc1)(c1cccc(OC(F)(F)F)c1)c1cccc(OC(F)(F)F)c1. The molecule has 38 heavy (non-hydrogen) atoms. The van der Waals surface area contributed by atoms with E-state index in [0.717, 1.165) is 17.7 Å². The van der Waals surface area contributed by atoms with Gasteiger partial charge in [-0.25, -0.2) is 0 Å². The third-order valence-corrected chi connectivity index (χ3v) is 5.77. The number of carbonyl (C=O) groups excluding carboxylic acids is 1. The van der Waals surface area contributed by atoms with Gasteiger partial charge >= 0.3 is 12.7 Å². The summed E-state index contributed by atoms with van der Waals surface area (Å²) in [4.78, 5) is 12.7. The molecule has 1 amide bonds. The van der Waals surface area contributed by atoms with Crippen LogP contribution in [0.4, 0.5) is 26.3 Å². The molecule has 0 aromatic heterocycles. The van der Waals surface area contributed by atoms with Crippen LogP contribution in [0.15, 0.2) is 78.9 Å². The highest BCUT2D eigenvalue weighted by Crippen LogP contribution is 2.40. The Labute approximate surface area is 216 Å². The monoisotopic (exact) mass is 539 g/mol.